The molecule has 0 bridgehead atoms. The molecule has 0 aromatic heterocycles. The molecule has 3 atom stereocenters. The molecule has 2 aliphatic rings. The number of benzene rings is 1. The Labute approximate surface area is 136 Å². The van der Waals surface area contributed by atoms with Gasteiger partial charge in [-0.1, -0.05) is 18.2 Å². The average Bonchev–Trinajstić information content (AvgIpc) is 3.12. The van der Waals surface area contributed by atoms with Crippen molar-refractivity contribution in [1.29, 1.82) is 0 Å². The fraction of sp³-hybridized carbons (Fsp3) is 0.611. The summed E-state index contributed by atoms with van der Waals surface area (Å²) in [4.78, 5) is 12.0. The van der Waals surface area contributed by atoms with Crippen LogP contribution in [0.15, 0.2) is 30.3 Å². The van der Waals surface area contributed by atoms with Crippen LogP contribution in [0.4, 0.5) is 0 Å². The van der Waals surface area contributed by atoms with E-state index in [-0.39, 0.29) is 30.9 Å². The second-order valence-electron chi connectivity index (χ2n) is 6.49. The lowest BCUT2D eigenvalue weighted by Crippen LogP contribution is -2.39. The van der Waals surface area contributed by atoms with Crippen LogP contribution in [-0.2, 0) is 14.2 Å². The van der Waals surface area contributed by atoms with Gasteiger partial charge in [-0.25, -0.2) is 4.79 Å². The van der Waals surface area contributed by atoms with Crippen LogP contribution in [0, 0.1) is 0 Å². The molecule has 1 heterocycles. The standard InChI is InChI=1S/C18H24O5/c1-13-11-15(23-18(20)9-5-6-10-18)16(22-13)12-21-17(19)14-7-3-2-4-8-14/h2-4,7-8,13,15-16,20H,5-6,9-12H2,1H3/t13?,15-,16+/m0/s1. The van der Waals surface area contributed by atoms with Crippen molar-refractivity contribution in [3.8, 4) is 0 Å². The lowest BCUT2D eigenvalue weighted by Gasteiger charge is -2.29. The van der Waals surface area contributed by atoms with E-state index in [4.69, 9.17) is 14.2 Å². The molecule has 0 spiro atoms. The van der Waals surface area contributed by atoms with Crippen LogP contribution < -0.4 is 0 Å². The zero-order valence-corrected chi connectivity index (χ0v) is 13.4. The van der Waals surface area contributed by atoms with Gasteiger partial charge in [-0.3, -0.25) is 0 Å². The van der Waals surface area contributed by atoms with Crippen molar-refractivity contribution in [2.45, 2.75) is 63.1 Å². The third kappa shape index (κ3) is 4.10. The maximum Gasteiger partial charge on any atom is 0.338 e. The Morgan fingerprint density at radius 3 is 2.70 bits per heavy atom. The highest BCUT2D eigenvalue weighted by molar-refractivity contribution is 5.89. The molecule has 1 unspecified atom stereocenters. The van der Waals surface area contributed by atoms with E-state index >= 15 is 0 Å². The summed E-state index contributed by atoms with van der Waals surface area (Å²) >= 11 is 0. The Balaban J connectivity index is 1.56. The van der Waals surface area contributed by atoms with E-state index in [9.17, 15) is 9.90 Å². The summed E-state index contributed by atoms with van der Waals surface area (Å²) in [6, 6.07) is 8.88. The van der Waals surface area contributed by atoms with Gasteiger partial charge in [-0.05, 0) is 31.9 Å². The maximum atomic E-state index is 12.0. The van der Waals surface area contributed by atoms with Gasteiger partial charge in [0.2, 0.25) is 0 Å². The largest absolute Gasteiger partial charge is 0.459 e. The van der Waals surface area contributed by atoms with Crippen molar-refractivity contribution in [2.24, 2.45) is 0 Å². The first-order chi connectivity index (χ1) is 11.1. The predicted octanol–water partition coefficient (Wildman–Crippen LogP) is 2.67. The van der Waals surface area contributed by atoms with E-state index < -0.39 is 5.79 Å². The van der Waals surface area contributed by atoms with Crippen LogP contribution in [0.1, 0.15) is 49.4 Å². The van der Waals surface area contributed by atoms with Gasteiger partial charge < -0.3 is 19.3 Å². The molecule has 0 amide bonds. The molecule has 1 aromatic carbocycles. The van der Waals surface area contributed by atoms with Crippen molar-refractivity contribution in [2.75, 3.05) is 6.61 Å². The first-order valence-corrected chi connectivity index (χ1v) is 8.33. The van der Waals surface area contributed by atoms with Crippen LogP contribution in [-0.4, -0.2) is 41.8 Å². The summed E-state index contributed by atoms with van der Waals surface area (Å²) in [6.45, 7) is 2.10. The number of hydrogen-bond donors (Lipinski definition) is 1. The lowest BCUT2D eigenvalue weighted by molar-refractivity contribution is -0.234. The van der Waals surface area contributed by atoms with Crippen molar-refractivity contribution in [3.05, 3.63) is 35.9 Å². The summed E-state index contributed by atoms with van der Waals surface area (Å²) < 4.78 is 17.1. The van der Waals surface area contributed by atoms with Crippen molar-refractivity contribution >= 4 is 5.97 Å². The minimum atomic E-state index is -1.04. The van der Waals surface area contributed by atoms with Gasteiger partial charge in [0.15, 0.2) is 5.79 Å². The Morgan fingerprint density at radius 2 is 2.00 bits per heavy atom. The number of rotatable bonds is 5. The minimum absolute atomic E-state index is 0.0328. The molecule has 3 rings (SSSR count). The zero-order valence-electron chi connectivity index (χ0n) is 13.4. The summed E-state index contributed by atoms with van der Waals surface area (Å²) in [5.74, 6) is -1.41. The van der Waals surface area contributed by atoms with Crippen molar-refractivity contribution < 1.29 is 24.1 Å². The number of carbonyl (C=O) groups is 1. The SMILES string of the molecule is CC1C[C@H](OC2(O)CCCC2)[C@@H](COC(=O)c2ccccc2)O1. The number of aliphatic hydroxyl groups is 1. The number of carbonyl (C=O) groups excluding carboxylic acids is 1. The zero-order chi connectivity index (χ0) is 16.3. The van der Waals surface area contributed by atoms with Crippen LogP contribution in [0.3, 0.4) is 0 Å². The molecule has 1 aliphatic carbocycles. The molecule has 2 fully saturated rings. The lowest BCUT2D eigenvalue weighted by atomic mass is 10.1. The van der Waals surface area contributed by atoms with Crippen LogP contribution in [0.25, 0.3) is 0 Å². The van der Waals surface area contributed by atoms with Gasteiger partial charge >= 0.3 is 5.97 Å². The smallest absolute Gasteiger partial charge is 0.338 e. The molecular weight excluding hydrogens is 296 g/mol. The molecule has 1 saturated heterocycles. The molecule has 1 saturated carbocycles. The normalized spacial score (nSPS) is 29.6. The van der Waals surface area contributed by atoms with Crippen LogP contribution in [0.5, 0.6) is 0 Å². The first kappa shape index (κ1) is 16.4. The highest BCUT2D eigenvalue weighted by Crippen LogP contribution is 2.35. The van der Waals surface area contributed by atoms with Gasteiger partial charge in [-0.2, -0.15) is 0 Å². The predicted molar refractivity (Wildman–Crippen MR) is 84.0 cm³/mol. The van der Waals surface area contributed by atoms with Gasteiger partial charge in [0, 0.05) is 19.3 Å². The summed E-state index contributed by atoms with van der Waals surface area (Å²) in [5.41, 5.74) is 0.519. The Bertz CT molecular complexity index is 523. The fourth-order valence-electron chi connectivity index (χ4n) is 3.33. The van der Waals surface area contributed by atoms with Crippen LogP contribution >= 0.6 is 0 Å². The van der Waals surface area contributed by atoms with E-state index in [0.29, 0.717) is 24.8 Å². The highest BCUT2D eigenvalue weighted by Gasteiger charge is 2.42. The molecule has 1 aromatic rings. The monoisotopic (exact) mass is 320 g/mol. The van der Waals surface area contributed by atoms with Crippen LogP contribution in [0.2, 0.25) is 0 Å². The molecule has 5 nitrogen and oxygen atoms in total. The maximum absolute atomic E-state index is 12.0. The van der Waals surface area contributed by atoms with Gasteiger partial charge in [-0.15, -0.1) is 0 Å². The molecule has 126 valence electrons. The summed E-state index contributed by atoms with van der Waals surface area (Å²) in [5, 5.41) is 10.4. The summed E-state index contributed by atoms with van der Waals surface area (Å²) in [6.07, 6.45) is 3.45. The topological polar surface area (TPSA) is 65.0 Å². The quantitative estimate of drug-likeness (QED) is 0.667. The minimum Gasteiger partial charge on any atom is -0.459 e. The first-order valence-electron chi connectivity index (χ1n) is 8.33. The summed E-state index contributed by atoms with van der Waals surface area (Å²) in [7, 11) is 0. The highest BCUT2D eigenvalue weighted by atomic mass is 16.7. The molecule has 23 heavy (non-hydrogen) atoms. The van der Waals surface area contributed by atoms with Gasteiger partial charge in [0.25, 0.3) is 0 Å². The van der Waals surface area contributed by atoms with E-state index in [1.54, 1.807) is 24.3 Å². The molecule has 1 aliphatic heterocycles. The Morgan fingerprint density at radius 1 is 1.30 bits per heavy atom. The van der Waals surface area contributed by atoms with E-state index in [1.165, 1.54) is 0 Å². The molecule has 0 radical (unpaired) electrons. The third-order valence-corrected chi connectivity index (χ3v) is 4.53. The second-order valence-corrected chi connectivity index (χ2v) is 6.49. The Hall–Kier alpha value is -1.43. The van der Waals surface area contributed by atoms with Gasteiger partial charge in [0.1, 0.15) is 12.7 Å². The van der Waals surface area contributed by atoms with Crippen molar-refractivity contribution in [3.63, 3.8) is 0 Å². The molecular formula is C18H24O5. The fourth-order valence-corrected chi connectivity index (χ4v) is 3.33. The number of ether oxygens (including phenoxy) is 3. The number of esters is 1. The second kappa shape index (κ2) is 6.99. The molecule has 5 heteroatoms. The van der Waals surface area contributed by atoms with E-state index in [1.807, 2.05) is 13.0 Å². The van der Waals surface area contributed by atoms with E-state index in [0.717, 1.165) is 12.8 Å². The Kier molecular flexibility index (Phi) is 4.99. The van der Waals surface area contributed by atoms with Crippen molar-refractivity contribution in [1.82, 2.24) is 0 Å². The average molecular weight is 320 g/mol. The van der Waals surface area contributed by atoms with Gasteiger partial charge in [0.05, 0.1) is 17.8 Å². The number of hydrogen-bond acceptors (Lipinski definition) is 5. The third-order valence-electron chi connectivity index (χ3n) is 4.53. The van der Waals surface area contributed by atoms with E-state index in [2.05, 4.69) is 0 Å². The molecule has 1 N–H and O–H groups in total.